The smallest absolute Gasteiger partial charge is 0.410 e. The van der Waals surface area contributed by atoms with Gasteiger partial charge < -0.3 is 19.7 Å². The molecule has 0 bridgehead atoms. The van der Waals surface area contributed by atoms with Crippen molar-refractivity contribution in [2.24, 2.45) is 5.41 Å². The van der Waals surface area contributed by atoms with Gasteiger partial charge in [-0.2, -0.15) is 5.10 Å². The van der Waals surface area contributed by atoms with Crippen molar-refractivity contribution in [3.8, 4) is 0 Å². The van der Waals surface area contributed by atoms with Gasteiger partial charge in [0.15, 0.2) is 0 Å². The molecular weight excluding hydrogens is 440 g/mol. The Hall–Kier alpha value is -1.77. The maximum Gasteiger partial charge on any atom is 0.410 e. The summed E-state index contributed by atoms with van der Waals surface area (Å²) in [5, 5.41) is 7.53. The summed E-state index contributed by atoms with van der Waals surface area (Å²) in [4.78, 5) is 26.7. The Kier molecular flexibility index (Phi) is 5.66. The van der Waals surface area contributed by atoms with E-state index in [0.29, 0.717) is 19.6 Å². The highest BCUT2D eigenvalue weighted by atomic mass is 79.9. The zero-order chi connectivity index (χ0) is 21.6. The predicted molar refractivity (Wildman–Crippen MR) is 112 cm³/mol. The first-order valence-corrected chi connectivity index (χ1v) is 10.8. The van der Waals surface area contributed by atoms with Crippen LogP contribution in [0.3, 0.4) is 0 Å². The molecule has 8 nitrogen and oxygen atoms in total. The van der Waals surface area contributed by atoms with Crippen LogP contribution in [-0.2, 0) is 16.0 Å². The number of carbonyl (C=O) groups excluding carboxylic acids is 2. The van der Waals surface area contributed by atoms with Crippen LogP contribution in [0.5, 0.6) is 0 Å². The van der Waals surface area contributed by atoms with Crippen molar-refractivity contribution >= 4 is 28.1 Å². The molecule has 9 heteroatoms. The van der Waals surface area contributed by atoms with Crippen LogP contribution >= 0.6 is 15.9 Å². The molecule has 0 radical (unpaired) electrons. The molecular formula is C20H31BrN4O4. The molecule has 1 atom stereocenters. The quantitative estimate of drug-likeness (QED) is 0.662. The first-order valence-electron chi connectivity index (χ1n) is 9.98. The van der Waals surface area contributed by atoms with Crippen LogP contribution in [0.25, 0.3) is 0 Å². The molecule has 1 fully saturated rings. The first kappa shape index (κ1) is 21.9. The number of piperidine rings is 1. The molecule has 29 heavy (non-hydrogen) atoms. The Morgan fingerprint density at radius 1 is 1.14 bits per heavy atom. The molecule has 0 aromatic carbocycles. The number of likely N-dealkylation sites (tertiary alicyclic amines) is 1. The molecule has 1 aromatic heterocycles. The van der Waals surface area contributed by atoms with Crippen molar-refractivity contribution in [2.75, 3.05) is 13.1 Å². The number of hydrogen-bond acceptors (Lipinski definition) is 5. The molecule has 2 amide bonds. The standard InChI is InChI=1S/C20H31BrN4O4/c1-18(2,3)28-16(26)23-15-14-13(21)11-22-25(14)12-20(15)7-9-24(10-8-20)17(27)29-19(4,5)6/h11,15H,7-10,12H2,1-6H3,(H,23,26)/t15-/m1/s1. The van der Waals surface area contributed by atoms with Gasteiger partial charge in [0.25, 0.3) is 0 Å². The molecule has 3 rings (SSSR count). The van der Waals surface area contributed by atoms with Gasteiger partial charge in [0.1, 0.15) is 11.2 Å². The zero-order valence-corrected chi connectivity index (χ0v) is 19.6. The number of nitrogens with zero attached hydrogens (tertiary/aromatic N) is 3. The highest BCUT2D eigenvalue weighted by Gasteiger charge is 2.51. The van der Waals surface area contributed by atoms with Gasteiger partial charge in [-0.1, -0.05) is 0 Å². The number of alkyl carbamates (subject to hydrolysis) is 1. The third-order valence-corrected chi connectivity index (χ3v) is 5.87. The van der Waals surface area contributed by atoms with Gasteiger partial charge in [0.2, 0.25) is 0 Å². The molecule has 162 valence electrons. The second kappa shape index (κ2) is 7.49. The maximum absolute atomic E-state index is 12.6. The molecule has 1 N–H and O–H groups in total. The fourth-order valence-electron chi connectivity index (χ4n) is 4.02. The van der Waals surface area contributed by atoms with Crippen LogP contribution in [0.1, 0.15) is 66.1 Å². The Bertz CT molecular complexity index is 785. The fraction of sp³-hybridized carbons (Fsp3) is 0.750. The molecule has 0 aliphatic carbocycles. The highest BCUT2D eigenvalue weighted by molar-refractivity contribution is 9.10. The lowest BCUT2D eigenvalue weighted by atomic mass is 9.73. The van der Waals surface area contributed by atoms with Crippen LogP contribution in [0.15, 0.2) is 10.7 Å². The summed E-state index contributed by atoms with van der Waals surface area (Å²) in [5.41, 5.74) is -0.371. The Balaban J connectivity index is 1.76. The fourth-order valence-corrected chi connectivity index (χ4v) is 4.54. The van der Waals surface area contributed by atoms with E-state index >= 15 is 0 Å². The lowest BCUT2D eigenvalue weighted by molar-refractivity contribution is 0.00168. The van der Waals surface area contributed by atoms with E-state index in [1.807, 2.05) is 46.2 Å². The maximum atomic E-state index is 12.6. The lowest BCUT2D eigenvalue weighted by Crippen LogP contribution is -2.50. The Morgan fingerprint density at radius 2 is 1.72 bits per heavy atom. The van der Waals surface area contributed by atoms with Crippen LogP contribution in [0, 0.1) is 5.41 Å². The number of rotatable bonds is 1. The van der Waals surface area contributed by atoms with Crippen LogP contribution in [0.2, 0.25) is 0 Å². The van der Waals surface area contributed by atoms with Gasteiger partial charge in [-0.3, -0.25) is 4.68 Å². The van der Waals surface area contributed by atoms with Crippen molar-refractivity contribution < 1.29 is 19.1 Å². The number of aromatic nitrogens is 2. The van der Waals surface area contributed by atoms with Crippen molar-refractivity contribution in [1.82, 2.24) is 20.0 Å². The number of hydrogen-bond donors (Lipinski definition) is 1. The number of ether oxygens (including phenoxy) is 2. The highest BCUT2D eigenvalue weighted by Crippen LogP contribution is 2.51. The average Bonchev–Trinajstić information content (AvgIpc) is 3.03. The average molecular weight is 471 g/mol. The summed E-state index contributed by atoms with van der Waals surface area (Å²) >= 11 is 3.57. The van der Waals surface area contributed by atoms with E-state index in [-0.39, 0.29) is 17.6 Å². The number of nitrogens with one attached hydrogen (secondary N) is 1. The number of fused-ring (bicyclic) bond motifs is 1. The molecule has 2 aliphatic heterocycles. The van der Waals surface area contributed by atoms with E-state index in [1.54, 1.807) is 11.1 Å². The number of amides is 2. The van der Waals surface area contributed by atoms with Gasteiger partial charge >= 0.3 is 12.2 Å². The van der Waals surface area contributed by atoms with Crippen LogP contribution in [-0.4, -0.2) is 51.2 Å². The monoisotopic (exact) mass is 470 g/mol. The zero-order valence-electron chi connectivity index (χ0n) is 18.0. The second-order valence-electron chi connectivity index (χ2n) is 9.94. The summed E-state index contributed by atoms with van der Waals surface area (Å²) in [7, 11) is 0. The lowest BCUT2D eigenvalue weighted by Gasteiger charge is -2.42. The minimum atomic E-state index is -0.576. The van der Waals surface area contributed by atoms with Gasteiger partial charge in [-0.05, 0) is 70.3 Å². The minimum absolute atomic E-state index is 0.221. The summed E-state index contributed by atoms with van der Waals surface area (Å²) in [6.45, 7) is 13.0. The number of carbonyl (C=O) groups is 2. The van der Waals surface area contributed by atoms with E-state index in [1.165, 1.54) is 0 Å². The summed E-state index contributed by atoms with van der Waals surface area (Å²) in [5.74, 6) is 0. The molecule has 3 heterocycles. The van der Waals surface area contributed by atoms with Gasteiger partial charge in [0, 0.05) is 25.0 Å². The summed E-state index contributed by atoms with van der Waals surface area (Å²) in [6, 6.07) is -0.241. The van der Waals surface area contributed by atoms with Crippen molar-refractivity contribution in [1.29, 1.82) is 0 Å². The van der Waals surface area contributed by atoms with E-state index in [9.17, 15) is 9.59 Å². The molecule has 0 unspecified atom stereocenters. The van der Waals surface area contributed by atoms with Gasteiger partial charge in [-0.15, -0.1) is 0 Å². The topological polar surface area (TPSA) is 85.7 Å². The minimum Gasteiger partial charge on any atom is -0.444 e. The van der Waals surface area contributed by atoms with Crippen LogP contribution < -0.4 is 5.32 Å². The van der Waals surface area contributed by atoms with Crippen molar-refractivity contribution in [2.45, 2.75) is 78.2 Å². The van der Waals surface area contributed by atoms with Gasteiger partial charge in [0.05, 0.1) is 22.4 Å². The molecule has 2 aliphatic rings. The van der Waals surface area contributed by atoms with E-state index in [0.717, 1.165) is 23.0 Å². The second-order valence-corrected chi connectivity index (χ2v) is 10.8. The largest absolute Gasteiger partial charge is 0.444 e. The first-order chi connectivity index (χ1) is 13.3. The van der Waals surface area contributed by atoms with Crippen molar-refractivity contribution in [3.05, 3.63) is 16.4 Å². The van der Waals surface area contributed by atoms with Crippen LogP contribution in [0.4, 0.5) is 9.59 Å². The third-order valence-electron chi connectivity index (χ3n) is 5.26. The predicted octanol–water partition coefficient (Wildman–Crippen LogP) is 4.24. The Labute approximate surface area is 180 Å². The summed E-state index contributed by atoms with van der Waals surface area (Å²) in [6.07, 6.45) is 2.49. The molecule has 1 aromatic rings. The SMILES string of the molecule is CC(C)(C)OC(=O)N[C@@H]1c2c(Br)cnn2CC12CCN(C(=O)OC(C)(C)C)CC2. The summed E-state index contributed by atoms with van der Waals surface area (Å²) < 4.78 is 13.8. The normalized spacial score (nSPS) is 21.1. The number of halogens is 1. The van der Waals surface area contributed by atoms with Crippen molar-refractivity contribution in [3.63, 3.8) is 0 Å². The van der Waals surface area contributed by atoms with Gasteiger partial charge in [-0.25, -0.2) is 9.59 Å². The Morgan fingerprint density at radius 3 is 2.28 bits per heavy atom. The molecule has 0 saturated carbocycles. The van der Waals surface area contributed by atoms with E-state index in [2.05, 4.69) is 26.3 Å². The molecule has 1 spiro atoms. The third kappa shape index (κ3) is 4.87. The molecule has 1 saturated heterocycles. The van der Waals surface area contributed by atoms with E-state index in [4.69, 9.17) is 9.47 Å². The van der Waals surface area contributed by atoms with E-state index < -0.39 is 17.3 Å².